The Morgan fingerprint density at radius 2 is 2.05 bits per heavy atom. The molecule has 3 N–H and O–H groups in total. The second kappa shape index (κ2) is 5.45. The molecular weight excluding hydrogens is 238 g/mol. The van der Waals surface area contributed by atoms with Gasteiger partial charge in [0.15, 0.2) is 12.2 Å². The fraction of sp³-hybridized carbons (Fsp3) is 0.400. The maximum absolute atomic E-state index is 5.93. The fourth-order valence-corrected chi connectivity index (χ4v) is 2.62. The van der Waals surface area contributed by atoms with E-state index in [4.69, 9.17) is 10.2 Å². The van der Waals surface area contributed by atoms with Crippen molar-refractivity contribution in [3.8, 4) is 11.3 Å². The summed E-state index contributed by atoms with van der Waals surface area (Å²) < 4.78 is 5.32. The van der Waals surface area contributed by atoms with E-state index in [0.717, 1.165) is 42.7 Å². The van der Waals surface area contributed by atoms with Crippen LogP contribution in [0.3, 0.4) is 0 Å². The number of anilines is 1. The van der Waals surface area contributed by atoms with Crippen LogP contribution in [-0.4, -0.2) is 17.1 Å². The van der Waals surface area contributed by atoms with E-state index in [1.807, 2.05) is 12.1 Å². The molecule has 0 atom stereocenters. The van der Waals surface area contributed by atoms with E-state index >= 15 is 0 Å². The highest BCUT2D eigenvalue weighted by molar-refractivity contribution is 5.63. The van der Waals surface area contributed by atoms with Crippen LogP contribution >= 0.6 is 0 Å². The molecule has 0 aliphatic heterocycles. The molecule has 4 nitrogen and oxygen atoms in total. The SMILES string of the molecule is NC1CCC(Nc2cccc(-c3cnco3)c2)CC1. The molecule has 0 amide bonds. The second-order valence-electron chi connectivity index (χ2n) is 5.20. The number of benzene rings is 1. The maximum Gasteiger partial charge on any atom is 0.181 e. The van der Waals surface area contributed by atoms with Crippen molar-refractivity contribution in [1.82, 2.24) is 4.98 Å². The van der Waals surface area contributed by atoms with Gasteiger partial charge in [-0.2, -0.15) is 0 Å². The highest BCUT2D eigenvalue weighted by atomic mass is 16.3. The molecule has 1 aromatic heterocycles. The minimum atomic E-state index is 0.388. The van der Waals surface area contributed by atoms with Crippen LogP contribution in [0.15, 0.2) is 41.3 Å². The van der Waals surface area contributed by atoms with Crippen LogP contribution in [0.2, 0.25) is 0 Å². The third-order valence-corrected chi connectivity index (χ3v) is 3.72. The third-order valence-electron chi connectivity index (χ3n) is 3.72. The van der Waals surface area contributed by atoms with Gasteiger partial charge in [0.1, 0.15) is 0 Å². The molecule has 1 aliphatic rings. The predicted molar refractivity (Wildman–Crippen MR) is 75.8 cm³/mol. The van der Waals surface area contributed by atoms with Crippen molar-refractivity contribution < 1.29 is 4.42 Å². The summed E-state index contributed by atoms with van der Waals surface area (Å²) in [7, 11) is 0. The second-order valence-corrected chi connectivity index (χ2v) is 5.20. The molecule has 0 unspecified atom stereocenters. The summed E-state index contributed by atoms with van der Waals surface area (Å²) in [6.45, 7) is 0. The number of hydrogen-bond donors (Lipinski definition) is 2. The summed E-state index contributed by atoms with van der Waals surface area (Å²) in [6, 6.07) is 9.18. The lowest BCUT2D eigenvalue weighted by Gasteiger charge is -2.27. The predicted octanol–water partition coefficient (Wildman–Crippen LogP) is 3.02. The van der Waals surface area contributed by atoms with Crippen LogP contribution in [0, 0.1) is 0 Å². The molecule has 0 radical (unpaired) electrons. The molecule has 100 valence electrons. The molecule has 0 bridgehead atoms. The van der Waals surface area contributed by atoms with Crippen LogP contribution in [0.1, 0.15) is 25.7 Å². The molecule has 0 spiro atoms. The molecule has 1 aliphatic carbocycles. The van der Waals surface area contributed by atoms with Crippen molar-refractivity contribution in [3.05, 3.63) is 36.9 Å². The van der Waals surface area contributed by atoms with Gasteiger partial charge in [-0.1, -0.05) is 12.1 Å². The summed E-state index contributed by atoms with van der Waals surface area (Å²) >= 11 is 0. The molecule has 19 heavy (non-hydrogen) atoms. The Kier molecular flexibility index (Phi) is 3.51. The Bertz CT molecular complexity index is 516. The van der Waals surface area contributed by atoms with Crippen LogP contribution in [0.25, 0.3) is 11.3 Å². The van der Waals surface area contributed by atoms with Gasteiger partial charge in [-0.05, 0) is 37.8 Å². The van der Waals surface area contributed by atoms with Gasteiger partial charge in [0, 0.05) is 23.3 Å². The van der Waals surface area contributed by atoms with Crippen molar-refractivity contribution in [3.63, 3.8) is 0 Å². The maximum atomic E-state index is 5.93. The Labute approximate surface area is 113 Å². The summed E-state index contributed by atoms with van der Waals surface area (Å²) in [5.74, 6) is 0.800. The summed E-state index contributed by atoms with van der Waals surface area (Å²) in [4.78, 5) is 3.95. The largest absolute Gasteiger partial charge is 0.444 e. The smallest absolute Gasteiger partial charge is 0.181 e. The van der Waals surface area contributed by atoms with Crippen LogP contribution in [-0.2, 0) is 0 Å². The van der Waals surface area contributed by atoms with Gasteiger partial charge in [0.25, 0.3) is 0 Å². The van der Waals surface area contributed by atoms with Gasteiger partial charge < -0.3 is 15.5 Å². The average molecular weight is 257 g/mol. The van der Waals surface area contributed by atoms with E-state index < -0.39 is 0 Å². The zero-order valence-corrected chi connectivity index (χ0v) is 10.9. The van der Waals surface area contributed by atoms with Crippen molar-refractivity contribution in [2.24, 2.45) is 5.73 Å². The Hall–Kier alpha value is -1.81. The number of aromatic nitrogens is 1. The molecule has 1 aromatic carbocycles. The van der Waals surface area contributed by atoms with Gasteiger partial charge in [-0.15, -0.1) is 0 Å². The lowest BCUT2D eigenvalue weighted by molar-refractivity contribution is 0.411. The molecule has 3 rings (SSSR count). The highest BCUT2D eigenvalue weighted by Gasteiger charge is 2.18. The topological polar surface area (TPSA) is 64.1 Å². The quantitative estimate of drug-likeness (QED) is 0.887. The first-order valence-electron chi connectivity index (χ1n) is 6.82. The minimum Gasteiger partial charge on any atom is -0.444 e. The molecule has 2 aromatic rings. The lowest BCUT2D eigenvalue weighted by Crippen LogP contribution is -2.32. The summed E-state index contributed by atoms with van der Waals surface area (Å²) in [6.07, 6.45) is 7.71. The fourth-order valence-electron chi connectivity index (χ4n) is 2.62. The number of oxazole rings is 1. The first kappa shape index (κ1) is 12.2. The van der Waals surface area contributed by atoms with Gasteiger partial charge in [-0.3, -0.25) is 0 Å². The lowest BCUT2D eigenvalue weighted by atomic mass is 9.91. The molecule has 1 saturated carbocycles. The highest BCUT2D eigenvalue weighted by Crippen LogP contribution is 2.25. The molecular formula is C15H19N3O. The average Bonchev–Trinajstić information content (AvgIpc) is 2.96. The summed E-state index contributed by atoms with van der Waals surface area (Å²) in [5, 5.41) is 3.59. The van der Waals surface area contributed by atoms with E-state index in [-0.39, 0.29) is 0 Å². The van der Waals surface area contributed by atoms with Gasteiger partial charge >= 0.3 is 0 Å². The van der Waals surface area contributed by atoms with Gasteiger partial charge in [-0.25, -0.2) is 4.98 Å². The number of hydrogen-bond acceptors (Lipinski definition) is 4. The first-order valence-corrected chi connectivity index (χ1v) is 6.82. The monoisotopic (exact) mass is 257 g/mol. The standard InChI is InChI=1S/C15H19N3O/c16-12-4-6-13(7-5-12)18-14-3-1-2-11(8-14)15-9-17-10-19-15/h1-3,8-10,12-13,18H,4-7,16H2. The van der Waals surface area contributed by atoms with Crippen molar-refractivity contribution in [1.29, 1.82) is 0 Å². The normalized spacial score (nSPS) is 23.2. The van der Waals surface area contributed by atoms with Crippen LogP contribution < -0.4 is 11.1 Å². The Morgan fingerprint density at radius 3 is 2.79 bits per heavy atom. The van der Waals surface area contributed by atoms with E-state index in [2.05, 4.69) is 22.4 Å². The zero-order chi connectivity index (χ0) is 13.1. The van der Waals surface area contributed by atoms with E-state index in [1.165, 1.54) is 6.39 Å². The molecule has 1 fully saturated rings. The number of nitrogens with one attached hydrogen (secondary N) is 1. The summed E-state index contributed by atoms with van der Waals surface area (Å²) in [5.41, 5.74) is 8.12. The third kappa shape index (κ3) is 2.96. The van der Waals surface area contributed by atoms with Crippen LogP contribution in [0.4, 0.5) is 5.69 Å². The molecule has 0 saturated heterocycles. The Balaban J connectivity index is 1.70. The van der Waals surface area contributed by atoms with Crippen molar-refractivity contribution in [2.75, 3.05) is 5.32 Å². The molecule has 1 heterocycles. The Morgan fingerprint density at radius 1 is 1.21 bits per heavy atom. The molecule has 4 heteroatoms. The number of nitrogens with two attached hydrogens (primary N) is 1. The minimum absolute atomic E-state index is 0.388. The first-order chi connectivity index (χ1) is 9.31. The van der Waals surface area contributed by atoms with E-state index in [0.29, 0.717) is 12.1 Å². The van der Waals surface area contributed by atoms with E-state index in [1.54, 1.807) is 6.20 Å². The zero-order valence-electron chi connectivity index (χ0n) is 10.9. The van der Waals surface area contributed by atoms with Crippen molar-refractivity contribution in [2.45, 2.75) is 37.8 Å². The van der Waals surface area contributed by atoms with Crippen molar-refractivity contribution >= 4 is 5.69 Å². The van der Waals surface area contributed by atoms with Gasteiger partial charge in [0.2, 0.25) is 0 Å². The van der Waals surface area contributed by atoms with Gasteiger partial charge in [0.05, 0.1) is 6.20 Å². The number of nitrogens with zero attached hydrogens (tertiary/aromatic N) is 1. The van der Waals surface area contributed by atoms with E-state index in [9.17, 15) is 0 Å². The number of rotatable bonds is 3. The van der Waals surface area contributed by atoms with Crippen LogP contribution in [0.5, 0.6) is 0 Å².